The van der Waals surface area contributed by atoms with Gasteiger partial charge in [0, 0.05) is 6.61 Å². The van der Waals surface area contributed by atoms with Gasteiger partial charge < -0.3 is 15.2 Å². The lowest BCUT2D eigenvalue weighted by molar-refractivity contribution is 0.0428. The third-order valence-electron chi connectivity index (χ3n) is 2.44. The van der Waals surface area contributed by atoms with Crippen LogP contribution in [-0.4, -0.2) is 37.0 Å². The molecule has 0 aliphatic carbocycles. The number of hydrogen-bond acceptors (Lipinski definition) is 3. The smallest absolute Gasteiger partial charge is 0.0668 e. The Bertz CT molecular complexity index is 151. The van der Waals surface area contributed by atoms with Gasteiger partial charge in [-0.1, -0.05) is 20.8 Å². The monoisotopic (exact) mass is 217 g/mol. The molecule has 15 heavy (non-hydrogen) atoms. The van der Waals surface area contributed by atoms with E-state index >= 15 is 0 Å². The van der Waals surface area contributed by atoms with Crippen LogP contribution in [0, 0.1) is 5.92 Å². The van der Waals surface area contributed by atoms with Crippen LogP contribution in [0.5, 0.6) is 0 Å². The first-order valence-electron chi connectivity index (χ1n) is 5.97. The van der Waals surface area contributed by atoms with Gasteiger partial charge in [0.25, 0.3) is 0 Å². The summed E-state index contributed by atoms with van der Waals surface area (Å²) in [6.07, 6.45) is 2.31. The Morgan fingerprint density at radius 3 is 2.53 bits per heavy atom. The summed E-state index contributed by atoms with van der Waals surface area (Å²) in [5, 5.41) is 12.5. The van der Waals surface area contributed by atoms with Crippen molar-refractivity contribution in [1.29, 1.82) is 0 Å². The van der Waals surface area contributed by atoms with Crippen molar-refractivity contribution in [3.63, 3.8) is 0 Å². The second-order valence-corrected chi connectivity index (χ2v) is 4.84. The van der Waals surface area contributed by atoms with Crippen LogP contribution in [0.2, 0.25) is 0 Å². The first-order valence-corrected chi connectivity index (χ1v) is 5.97. The molecule has 0 aromatic rings. The fourth-order valence-electron chi connectivity index (χ4n) is 1.47. The summed E-state index contributed by atoms with van der Waals surface area (Å²) >= 11 is 0. The van der Waals surface area contributed by atoms with Crippen molar-refractivity contribution in [3.8, 4) is 0 Å². The minimum Gasteiger partial charge on any atom is -0.394 e. The van der Waals surface area contributed by atoms with Crippen LogP contribution in [0.3, 0.4) is 0 Å². The number of hydrogen-bond donors (Lipinski definition) is 2. The fourth-order valence-corrected chi connectivity index (χ4v) is 1.47. The Morgan fingerprint density at radius 1 is 1.40 bits per heavy atom. The number of rotatable bonds is 9. The highest BCUT2D eigenvalue weighted by Gasteiger charge is 2.21. The first-order chi connectivity index (χ1) is 7.04. The molecule has 0 saturated heterocycles. The Kier molecular flexibility index (Phi) is 8.02. The SMILES string of the molecule is CCNC(C)(CO)COCCCC(C)C. The lowest BCUT2D eigenvalue weighted by Gasteiger charge is -2.28. The predicted octanol–water partition coefficient (Wildman–Crippen LogP) is 1.80. The minimum atomic E-state index is -0.285. The summed E-state index contributed by atoms with van der Waals surface area (Å²) in [4.78, 5) is 0. The van der Waals surface area contributed by atoms with Gasteiger partial charge in [-0.05, 0) is 32.2 Å². The van der Waals surface area contributed by atoms with Crippen LogP contribution in [0.4, 0.5) is 0 Å². The molecule has 1 atom stereocenters. The summed E-state index contributed by atoms with van der Waals surface area (Å²) in [6.45, 7) is 10.8. The minimum absolute atomic E-state index is 0.116. The van der Waals surface area contributed by atoms with E-state index in [1.807, 2.05) is 13.8 Å². The van der Waals surface area contributed by atoms with E-state index < -0.39 is 0 Å². The van der Waals surface area contributed by atoms with Crippen molar-refractivity contribution in [2.75, 3.05) is 26.4 Å². The first kappa shape index (κ1) is 14.9. The van der Waals surface area contributed by atoms with E-state index in [2.05, 4.69) is 19.2 Å². The van der Waals surface area contributed by atoms with Crippen molar-refractivity contribution >= 4 is 0 Å². The molecule has 0 saturated carbocycles. The number of likely N-dealkylation sites (N-methyl/N-ethyl adjacent to an activating group) is 1. The molecule has 0 fully saturated rings. The highest BCUT2D eigenvalue weighted by molar-refractivity contribution is 4.81. The van der Waals surface area contributed by atoms with Crippen LogP contribution in [-0.2, 0) is 4.74 Å². The van der Waals surface area contributed by atoms with Gasteiger partial charge in [-0.2, -0.15) is 0 Å². The molecule has 0 rings (SSSR count). The zero-order valence-corrected chi connectivity index (χ0v) is 10.7. The molecular formula is C12H27NO2. The molecule has 0 aromatic carbocycles. The summed E-state index contributed by atoms with van der Waals surface area (Å²) in [7, 11) is 0. The van der Waals surface area contributed by atoms with Crippen LogP contribution in [0.15, 0.2) is 0 Å². The molecule has 0 aliphatic rings. The molecule has 0 aliphatic heterocycles. The number of aliphatic hydroxyl groups is 1. The predicted molar refractivity (Wildman–Crippen MR) is 64.1 cm³/mol. The van der Waals surface area contributed by atoms with Crippen LogP contribution >= 0.6 is 0 Å². The number of nitrogens with one attached hydrogen (secondary N) is 1. The molecule has 3 nitrogen and oxygen atoms in total. The third-order valence-corrected chi connectivity index (χ3v) is 2.44. The van der Waals surface area contributed by atoms with E-state index in [4.69, 9.17) is 4.74 Å². The van der Waals surface area contributed by atoms with E-state index in [9.17, 15) is 5.11 Å². The second kappa shape index (κ2) is 8.08. The van der Waals surface area contributed by atoms with Crippen molar-refractivity contribution in [1.82, 2.24) is 5.32 Å². The molecule has 0 aromatic heterocycles. The molecule has 0 bridgehead atoms. The van der Waals surface area contributed by atoms with Crippen molar-refractivity contribution < 1.29 is 9.84 Å². The molecule has 0 radical (unpaired) electrons. The van der Waals surface area contributed by atoms with Gasteiger partial charge >= 0.3 is 0 Å². The Hall–Kier alpha value is -0.120. The van der Waals surface area contributed by atoms with E-state index in [0.717, 1.165) is 25.5 Å². The zero-order chi connectivity index (χ0) is 11.7. The Balaban J connectivity index is 3.54. The third kappa shape index (κ3) is 7.77. The lowest BCUT2D eigenvalue weighted by atomic mass is 10.1. The highest BCUT2D eigenvalue weighted by Crippen LogP contribution is 2.06. The van der Waals surface area contributed by atoms with E-state index in [-0.39, 0.29) is 12.1 Å². The maximum Gasteiger partial charge on any atom is 0.0668 e. The largest absolute Gasteiger partial charge is 0.394 e. The average Bonchev–Trinajstić information content (AvgIpc) is 2.17. The summed E-state index contributed by atoms with van der Waals surface area (Å²) in [5.74, 6) is 0.742. The van der Waals surface area contributed by atoms with Gasteiger partial charge in [-0.25, -0.2) is 0 Å². The van der Waals surface area contributed by atoms with Crippen molar-refractivity contribution in [3.05, 3.63) is 0 Å². The van der Waals surface area contributed by atoms with E-state index in [0.29, 0.717) is 6.61 Å². The average molecular weight is 217 g/mol. The van der Waals surface area contributed by atoms with Gasteiger partial charge in [0.2, 0.25) is 0 Å². The molecule has 2 N–H and O–H groups in total. The van der Waals surface area contributed by atoms with Crippen molar-refractivity contribution in [2.24, 2.45) is 5.92 Å². The molecule has 0 spiro atoms. The maximum absolute atomic E-state index is 9.22. The van der Waals surface area contributed by atoms with E-state index in [1.54, 1.807) is 0 Å². The Labute approximate surface area is 94.2 Å². The van der Waals surface area contributed by atoms with Crippen LogP contribution in [0.1, 0.15) is 40.5 Å². The number of ether oxygens (including phenoxy) is 1. The van der Waals surface area contributed by atoms with Gasteiger partial charge in [0.05, 0.1) is 18.8 Å². The van der Waals surface area contributed by atoms with E-state index in [1.165, 1.54) is 6.42 Å². The molecule has 1 unspecified atom stereocenters. The van der Waals surface area contributed by atoms with Gasteiger partial charge in [0.1, 0.15) is 0 Å². The fraction of sp³-hybridized carbons (Fsp3) is 1.00. The molecule has 92 valence electrons. The number of aliphatic hydroxyl groups excluding tert-OH is 1. The quantitative estimate of drug-likeness (QED) is 0.579. The summed E-state index contributed by atoms with van der Waals surface area (Å²) in [6, 6.07) is 0. The second-order valence-electron chi connectivity index (χ2n) is 4.84. The molecule has 3 heteroatoms. The lowest BCUT2D eigenvalue weighted by Crippen LogP contribution is -2.49. The standard InChI is InChI=1S/C12H27NO2/c1-5-13-12(4,9-14)10-15-8-6-7-11(2)3/h11,13-14H,5-10H2,1-4H3. The van der Waals surface area contributed by atoms with Gasteiger partial charge in [0.15, 0.2) is 0 Å². The topological polar surface area (TPSA) is 41.5 Å². The zero-order valence-electron chi connectivity index (χ0n) is 10.7. The van der Waals surface area contributed by atoms with Gasteiger partial charge in [-0.15, -0.1) is 0 Å². The summed E-state index contributed by atoms with van der Waals surface area (Å²) < 4.78 is 5.57. The maximum atomic E-state index is 9.22. The van der Waals surface area contributed by atoms with Crippen molar-refractivity contribution in [2.45, 2.75) is 46.1 Å². The normalized spacial score (nSPS) is 15.6. The Morgan fingerprint density at radius 2 is 2.07 bits per heavy atom. The molecular weight excluding hydrogens is 190 g/mol. The van der Waals surface area contributed by atoms with Gasteiger partial charge in [-0.3, -0.25) is 0 Å². The molecule has 0 heterocycles. The summed E-state index contributed by atoms with van der Waals surface area (Å²) in [5.41, 5.74) is -0.285. The van der Waals surface area contributed by atoms with Crippen LogP contribution in [0.25, 0.3) is 0 Å². The highest BCUT2D eigenvalue weighted by atomic mass is 16.5. The van der Waals surface area contributed by atoms with Crippen LogP contribution < -0.4 is 5.32 Å². The molecule has 0 amide bonds.